The second-order valence-electron chi connectivity index (χ2n) is 3.61. The molecule has 0 spiro atoms. The van der Waals surface area contributed by atoms with Gasteiger partial charge in [-0.05, 0) is 0 Å². The fraction of sp³-hybridized carbons (Fsp3) is 0.182. The van der Waals surface area contributed by atoms with Gasteiger partial charge in [-0.3, -0.25) is 9.89 Å². The molecule has 19 heavy (non-hydrogen) atoms. The van der Waals surface area contributed by atoms with Gasteiger partial charge >= 0.3 is 5.97 Å². The number of thioether (sulfide) groups is 1. The standard InChI is InChI=1S/C11H11N3O4S/c15-8(16)5-19-11-12-9(13-14-11)6-3-1-2-4-7(6)10(17)18/h1-4,10,17-18H,5H2,(H,15,16)(H,12,13,14). The Balaban J connectivity index is 2.25. The Hall–Kier alpha value is -1.90. The molecule has 0 bridgehead atoms. The molecule has 4 N–H and O–H groups in total. The predicted molar refractivity (Wildman–Crippen MR) is 67.4 cm³/mol. The number of aliphatic hydroxyl groups excluding tert-OH is 1. The molecule has 0 aliphatic carbocycles. The second kappa shape index (κ2) is 5.83. The van der Waals surface area contributed by atoms with Crippen molar-refractivity contribution >= 4 is 17.7 Å². The number of aromatic amines is 1. The number of nitrogens with zero attached hydrogens (tertiary/aromatic N) is 2. The van der Waals surface area contributed by atoms with Gasteiger partial charge in [0.25, 0.3) is 0 Å². The van der Waals surface area contributed by atoms with Crippen LogP contribution in [0.15, 0.2) is 29.4 Å². The molecule has 0 unspecified atom stereocenters. The van der Waals surface area contributed by atoms with E-state index in [1.807, 2.05) is 0 Å². The maximum Gasteiger partial charge on any atom is 0.313 e. The van der Waals surface area contributed by atoms with E-state index in [-0.39, 0.29) is 5.75 Å². The number of carboxylic acid groups (broad SMARTS) is 1. The van der Waals surface area contributed by atoms with E-state index >= 15 is 0 Å². The molecule has 0 saturated heterocycles. The van der Waals surface area contributed by atoms with Crippen LogP contribution in [0.5, 0.6) is 0 Å². The Morgan fingerprint density at radius 2 is 2.11 bits per heavy atom. The summed E-state index contributed by atoms with van der Waals surface area (Å²) in [6.45, 7) is 0. The first-order valence-corrected chi connectivity index (χ1v) is 6.29. The molecule has 0 saturated carbocycles. The van der Waals surface area contributed by atoms with Crippen molar-refractivity contribution in [1.82, 2.24) is 15.2 Å². The lowest BCUT2D eigenvalue weighted by molar-refractivity contribution is -0.133. The summed E-state index contributed by atoms with van der Waals surface area (Å²) in [5, 5.41) is 33.9. The molecule has 100 valence electrons. The predicted octanol–water partition coefficient (Wildman–Crippen LogP) is 0.632. The van der Waals surface area contributed by atoms with Crippen molar-refractivity contribution < 1.29 is 20.1 Å². The Kier molecular flexibility index (Phi) is 4.15. The average molecular weight is 281 g/mol. The molecule has 0 atom stereocenters. The number of carbonyl (C=O) groups is 1. The van der Waals surface area contributed by atoms with Gasteiger partial charge in [0, 0.05) is 11.1 Å². The van der Waals surface area contributed by atoms with Gasteiger partial charge < -0.3 is 15.3 Å². The Bertz CT molecular complexity index is 585. The van der Waals surface area contributed by atoms with E-state index in [0.29, 0.717) is 22.1 Å². The van der Waals surface area contributed by atoms with E-state index in [9.17, 15) is 15.0 Å². The monoisotopic (exact) mass is 281 g/mol. The fourth-order valence-corrected chi connectivity index (χ4v) is 2.01. The van der Waals surface area contributed by atoms with Crippen LogP contribution in [0, 0.1) is 0 Å². The number of H-pyrrole nitrogens is 1. The van der Waals surface area contributed by atoms with Crippen molar-refractivity contribution in [2.75, 3.05) is 5.75 Å². The number of aromatic nitrogens is 3. The van der Waals surface area contributed by atoms with Gasteiger partial charge in [0.2, 0.25) is 5.16 Å². The second-order valence-corrected chi connectivity index (χ2v) is 4.55. The van der Waals surface area contributed by atoms with Crippen molar-refractivity contribution in [3.63, 3.8) is 0 Å². The molecule has 8 heteroatoms. The van der Waals surface area contributed by atoms with Crippen molar-refractivity contribution in [1.29, 1.82) is 0 Å². The number of hydrogen-bond acceptors (Lipinski definition) is 6. The summed E-state index contributed by atoms with van der Waals surface area (Å²) in [6, 6.07) is 6.63. The third-order valence-electron chi connectivity index (χ3n) is 2.28. The van der Waals surface area contributed by atoms with Gasteiger partial charge in [0.05, 0.1) is 5.75 Å². The molecular weight excluding hydrogens is 270 g/mol. The van der Waals surface area contributed by atoms with E-state index < -0.39 is 12.3 Å². The molecule has 1 aromatic heterocycles. The third-order valence-corrected chi connectivity index (χ3v) is 3.12. The smallest absolute Gasteiger partial charge is 0.313 e. The largest absolute Gasteiger partial charge is 0.481 e. The number of aliphatic carboxylic acids is 1. The number of hydrogen-bond donors (Lipinski definition) is 4. The quantitative estimate of drug-likeness (QED) is 0.468. The summed E-state index contributed by atoms with van der Waals surface area (Å²) < 4.78 is 0. The first-order chi connectivity index (χ1) is 9.08. The van der Waals surface area contributed by atoms with Crippen molar-refractivity contribution in [3.05, 3.63) is 29.8 Å². The number of benzene rings is 1. The van der Waals surface area contributed by atoms with E-state index in [1.54, 1.807) is 24.3 Å². The van der Waals surface area contributed by atoms with Crippen LogP contribution in [0.2, 0.25) is 0 Å². The summed E-state index contributed by atoms with van der Waals surface area (Å²) in [4.78, 5) is 14.5. The van der Waals surface area contributed by atoms with Crippen LogP contribution in [0.1, 0.15) is 11.9 Å². The number of aliphatic hydroxyl groups is 2. The molecule has 0 aliphatic rings. The third kappa shape index (κ3) is 3.31. The number of rotatable bonds is 5. The molecule has 0 amide bonds. The van der Waals surface area contributed by atoms with Crippen LogP contribution in [0.3, 0.4) is 0 Å². The van der Waals surface area contributed by atoms with Crippen molar-refractivity contribution in [2.24, 2.45) is 0 Å². The van der Waals surface area contributed by atoms with E-state index in [1.165, 1.54) is 0 Å². The molecule has 0 fully saturated rings. The average Bonchev–Trinajstić information content (AvgIpc) is 2.85. The van der Waals surface area contributed by atoms with Gasteiger partial charge in [-0.1, -0.05) is 36.0 Å². The van der Waals surface area contributed by atoms with Gasteiger partial charge in [-0.15, -0.1) is 5.10 Å². The minimum atomic E-state index is -1.61. The maximum absolute atomic E-state index is 10.4. The minimum absolute atomic E-state index is 0.137. The zero-order valence-electron chi connectivity index (χ0n) is 9.65. The number of carboxylic acids is 1. The van der Waals surface area contributed by atoms with Crippen LogP contribution in [-0.2, 0) is 4.79 Å². The summed E-state index contributed by atoms with van der Waals surface area (Å²) >= 11 is 0.980. The Morgan fingerprint density at radius 3 is 2.79 bits per heavy atom. The van der Waals surface area contributed by atoms with Gasteiger partial charge in [-0.2, -0.15) is 0 Å². The van der Waals surface area contributed by atoms with Crippen LogP contribution < -0.4 is 0 Å². The summed E-state index contributed by atoms with van der Waals surface area (Å²) in [5.41, 5.74) is 0.806. The van der Waals surface area contributed by atoms with Crippen molar-refractivity contribution in [2.45, 2.75) is 11.4 Å². The first kappa shape index (κ1) is 13.5. The fourth-order valence-electron chi connectivity index (χ4n) is 1.50. The zero-order valence-corrected chi connectivity index (χ0v) is 10.5. The highest BCUT2D eigenvalue weighted by Gasteiger charge is 2.14. The summed E-state index contributed by atoms with van der Waals surface area (Å²) in [7, 11) is 0. The van der Waals surface area contributed by atoms with E-state index in [0.717, 1.165) is 11.8 Å². The lowest BCUT2D eigenvalue weighted by Gasteiger charge is -2.07. The lowest BCUT2D eigenvalue weighted by atomic mass is 10.1. The highest BCUT2D eigenvalue weighted by Crippen LogP contribution is 2.25. The normalized spacial score (nSPS) is 10.9. The molecule has 0 radical (unpaired) electrons. The molecule has 1 aromatic carbocycles. The highest BCUT2D eigenvalue weighted by atomic mass is 32.2. The minimum Gasteiger partial charge on any atom is -0.481 e. The Morgan fingerprint density at radius 1 is 1.37 bits per heavy atom. The van der Waals surface area contributed by atoms with Gasteiger partial charge in [-0.25, -0.2) is 4.98 Å². The van der Waals surface area contributed by atoms with Gasteiger partial charge in [0.1, 0.15) is 0 Å². The van der Waals surface area contributed by atoms with E-state index in [4.69, 9.17) is 5.11 Å². The Labute approximate surface area is 112 Å². The SMILES string of the molecule is O=C(O)CSc1n[nH]c(-c2ccccc2C(O)O)n1. The first-order valence-electron chi connectivity index (χ1n) is 5.30. The molecule has 1 heterocycles. The summed E-state index contributed by atoms with van der Waals surface area (Å²) in [6.07, 6.45) is -1.61. The van der Waals surface area contributed by atoms with Crippen LogP contribution in [0.4, 0.5) is 0 Å². The van der Waals surface area contributed by atoms with Crippen molar-refractivity contribution in [3.8, 4) is 11.4 Å². The molecule has 0 aliphatic heterocycles. The zero-order chi connectivity index (χ0) is 13.8. The molecular formula is C11H11N3O4S. The van der Waals surface area contributed by atoms with Crippen LogP contribution >= 0.6 is 11.8 Å². The molecule has 2 aromatic rings. The highest BCUT2D eigenvalue weighted by molar-refractivity contribution is 7.99. The van der Waals surface area contributed by atoms with Crippen LogP contribution in [0.25, 0.3) is 11.4 Å². The lowest BCUT2D eigenvalue weighted by Crippen LogP contribution is -1.99. The maximum atomic E-state index is 10.4. The topological polar surface area (TPSA) is 119 Å². The molecule has 2 rings (SSSR count). The summed E-state index contributed by atoms with van der Waals surface area (Å²) in [5.74, 6) is -0.735. The van der Waals surface area contributed by atoms with Gasteiger partial charge in [0.15, 0.2) is 12.1 Å². The number of nitrogens with one attached hydrogen (secondary N) is 1. The van der Waals surface area contributed by atoms with Crippen LogP contribution in [-0.4, -0.2) is 42.2 Å². The van der Waals surface area contributed by atoms with E-state index in [2.05, 4.69) is 15.2 Å². The molecule has 7 nitrogen and oxygen atoms in total.